The number of anilines is 1. The van der Waals surface area contributed by atoms with Crippen LogP contribution < -0.4 is 21.8 Å². The number of rotatable bonds is 4. The molecule has 0 aliphatic carbocycles. The third-order valence-corrected chi connectivity index (χ3v) is 6.16. The van der Waals surface area contributed by atoms with Gasteiger partial charge in [-0.05, 0) is 46.2 Å². The van der Waals surface area contributed by atoms with Crippen molar-refractivity contribution in [2.45, 2.75) is 46.2 Å². The fourth-order valence-electron chi connectivity index (χ4n) is 4.49. The molecule has 2 aromatic heterocycles. The highest BCUT2D eigenvalue weighted by atomic mass is 16.4. The second-order valence-corrected chi connectivity index (χ2v) is 9.17. The molecule has 1 aromatic carbocycles. The number of nitrogens with zero attached hydrogens (tertiary/aromatic N) is 4. The van der Waals surface area contributed by atoms with Crippen LogP contribution >= 0.6 is 0 Å². The molecule has 1 amide bonds. The van der Waals surface area contributed by atoms with Gasteiger partial charge >= 0.3 is 11.3 Å². The molecule has 1 aliphatic rings. The predicted octanol–water partition coefficient (Wildman–Crippen LogP) is 2.63. The number of para-hydroxylation sites is 1. The number of benzene rings is 1. The van der Waals surface area contributed by atoms with Crippen LogP contribution in [0.2, 0.25) is 0 Å². The fraction of sp³-hybridized carbons (Fsp3) is 0.440. The van der Waals surface area contributed by atoms with Crippen molar-refractivity contribution >= 4 is 22.7 Å². The zero-order valence-corrected chi connectivity index (χ0v) is 20.0. The third kappa shape index (κ3) is 4.30. The number of amides is 1. The van der Waals surface area contributed by atoms with Crippen LogP contribution in [0.4, 0.5) is 5.82 Å². The predicted molar refractivity (Wildman–Crippen MR) is 131 cm³/mol. The Balaban J connectivity index is 1.63. The Morgan fingerprint density at radius 2 is 1.59 bits per heavy atom. The summed E-state index contributed by atoms with van der Waals surface area (Å²) in [6.07, 6.45) is 0.629. The van der Waals surface area contributed by atoms with Gasteiger partial charge in [0, 0.05) is 49.7 Å². The Morgan fingerprint density at radius 3 is 2.29 bits per heavy atom. The van der Waals surface area contributed by atoms with Gasteiger partial charge in [0.2, 0.25) is 0 Å². The molecule has 1 fully saturated rings. The number of fused-ring (bicyclic) bond motifs is 1. The van der Waals surface area contributed by atoms with Crippen molar-refractivity contribution in [3.63, 3.8) is 0 Å². The maximum Gasteiger partial charge on any atom is 0.349 e. The molecule has 3 heterocycles. The number of hydrogen-bond acceptors (Lipinski definition) is 6. The van der Waals surface area contributed by atoms with Gasteiger partial charge in [0.05, 0.1) is 0 Å². The van der Waals surface area contributed by atoms with Crippen LogP contribution in [0, 0.1) is 0 Å². The highest BCUT2D eigenvalue weighted by Crippen LogP contribution is 2.19. The molecule has 0 radical (unpaired) electrons. The van der Waals surface area contributed by atoms with Gasteiger partial charge in [0.1, 0.15) is 17.0 Å². The first-order chi connectivity index (χ1) is 16.2. The van der Waals surface area contributed by atoms with Crippen LogP contribution in [0.1, 0.15) is 56.6 Å². The van der Waals surface area contributed by atoms with E-state index in [1.54, 1.807) is 33.7 Å². The van der Waals surface area contributed by atoms with Gasteiger partial charge in [0.25, 0.3) is 11.5 Å². The summed E-state index contributed by atoms with van der Waals surface area (Å²) in [5, 5.41) is 0.688. The maximum atomic E-state index is 13.2. The summed E-state index contributed by atoms with van der Waals surface area (Å²) in [4.78, 5) is 55.1. The zero-order chi connectivity index (χ0) is 24.6. The Hall–Kier alpha value is -3.62. The largest absolute Gasteiger partial charge is 0.422 e. The molecule has 9 nitrogen and oxygen atoms in total. The molecule has 34 heavy (non-hydrogen) atoms. The second kappa shape index (κ2) is 9.32. The summed E-state index contributed by atoms with van der Waals surface area (Å²) in [6, 6.07) is 9.78. The topological polar surface area (TPSA) is 97.8 Å². The van der Waals surface area contributed by atoms with Crippen LogP contribution in [-0.2, 0) is 0 Å². The molecule has 0 saturated carbocycles. The van der Waals surface area contributed by atoms with Gasteiger partial charge in [-0.1, -0.05) is 18.2 Å². The molecular weight excluding hydrogens is 436 g/mol. The molecule has 0 spiro atoms. The van der Waals surface area contributed by atoms with E-state index >= 15 is 0 Å². The van der Waals surface area contributed by atoms with Crippen molar-refractivity contribution in [3.8, 4) is 0 Å². The normalized spacial score (nSPS) is 14.8. The van der Waals surface area contributed by atoms with Crippen molar-refractivity contribution in [2.75, 3.05) is 31.1 Å². The van der Waals surface area contributed by atoms with Gasteiger partial charge < -0.3 is 14.2 Å². The van der Waals surface area contributed by atoms with Crippen LogP contribution in [0.25, 0.3) is 11.0 Å². The standard InChI is InChI=1S/C25H30N4O5/c1-16(2)28-21(15-22(30)29(17(3)4)25(28)33)26-10-7-11-27(13-12-26)23(31)19-14-18-8-5-6-9-20(18)34-24(19)32/h5-6,8-9,14-17H,7,10-13H2,1-4H3. The summed E-state index contributed by atoms with van der Waals surface area (Å²) in [5.74, 6) is 0.180. The third-order valence-electron chi connectivity index (χ3n) is 6.16. The minimum absolute atomic E-state index is 0.00534. The lowest BCUT2D eigenvalue weighted by molar-refractivity contribution is 0.0763. The summed E-state index contributed by atoms with van der Waals surface area (Å²) >= 11 is 0. The van der Waals surface area contributed by atoms with Gasteiger partial charge in [-0.25, -0.2) is 9.59 Å². The van der Waals surface area contributed by atoms with Crippen molar-refractivity contribution in [1.82, 2.24) is 14.0 Å². The number of carbonyl (C=O) groups is 1. The lowest BCUT2D eigenvalue weighted by Crippen LogP contribution is -2.45. The monoisotopic (exact) mass is 466 g/mol. The van der Waals surface area contributed by atoms with Crippen LogP contribution in [0.15, 0.2) is 55.2 Å². The van der Waals surface area contributed by atoms with E-state index in [4.69, 9.17) is 4.42 Å². The fourth-order valence-corrected chi connectivity index (χ4v) is 4.49. The van der Waals surface area contributed by atoms with Gasteiger partial charge in [0.15, 0.2) is 0 Å². The molecule has 1 aliphatic heterocycles. The Kier molecular flexibility index (Phi) is 6.45. The molecule has 0 atom stereocenters. The van der Waals surface area contributed by atoms with E-state index in [0.29, 0.717) is 49.4 Å². The van der Waals surface area contributed by atoms with Crippen LogP contribution in [0.3, 0.4) is 0 Å². The first kappa shape index (κ1) is 23.5. The minimum Gasteiger partial charge on any atom is -0.422 e. The number of carbonyl (C=O) groups excluding carboxylic acids is 1. The van der Waals surface area contributed by atoms with Gasteiger partial charge in [-0.15, -0.1) is 0 Å². The van der Waals surface area contributed by atoms with Crippen molar-refractivity contribution in [2.24, 2.45) is 0 Å². The molecule has 180 valence electrons. The quantitative estimate of drug-likeness (QED) is 0.549. The van der Waals surface area contributed by atoms with Crippen molar-refractivity contribution < 1.29 is 9.21 Å². The average Bonchev–Trinajstić information content (AvgIpc) is 3.03. The summed E-state index contributed by atoms with van der Waals surface area (Å²) in [7, 11) is 0. The van der Waals surface area contributed by atoms with E-state index in [-0.39, 0.29) is 34.8 Å². The highest BCUT2D eigenvalue weighted by molar-refractivity contribution is 5.96. The van der Waals surface area contributed by atoms with Crippen LogP contribution in [-0.4, -0.2) is 46.1 Å². The maximum absolute atomic E-state index is 13.2. The molecule has 3 aromatic rings. The van der Waals surface area contributed by atoms with E-state index in [2.05, 4.69) is 0 Å². The lowest BCUT2D eigenvalue weighted by Gasteiger charge is -2.28. The van der Waals surface area contributed by atoms with Crippen molar-refractivity contribution in [1.29, 1.82) is 0 Å². The number of hydrogen-bond donors (Lipinski definition) is 0. The summed E-state index contributed by atoms with van der Waals surface area (Å²) in [5.41, 5.74) is -0.883. The highest BCUT2D eigenvalue weighted by Gasteiger charge is 2.26. The van der Waals surface area contributed by atoms with Crippen LogP contribution in [0.5, 0.6) is 0 Å². The molecule has 0 bridgehead atoms. The van der Waals surface area contributed by atoms with Crippen molar-refractivity contribution in [3.05, 3.63) is 73.2 Å². The van der Waals surface area contributed by atoms with E-state index in [1.807, 2.05) is 38.7 Å². The first-order valence-corrected chi connectivity index (χ1v) is 11.6. The zero-order valence-electron chi connectivity index (χ0n) is 20.0. The number of aromatic nitrogens is 2. The molecule has 4 rings (SSSR count). The smallest absolute Gasteiger partial charge is 0.349 e. The molecule has 0 N–H and O–H groups in total. The van der Waals surface area contributed by atoms with E-state index in [0.717, 1.165) is 0 Å². The van der Waals surface area contributed by atoms with Gasteiger partial charge in [-0.3, -0.25) is 18.7 Å². The lowest BCUT2D eigenvalue weighted by atomic mass is 10.1. The van der Waals surface area contributed by atoms with E-state index in [9.17, 15) is 19.2 Å². The average molecular weight is 467 g/mol. The summed E-state index contributed by atoms with van der Waals surface area (Å²) < 4.78 is 8.23. The van der Waals surface area contributed by atoms with Gasteiger partial charge in [-0.2, -0.15) is 0 Å². The molecule has 0 unspecified atom stereocenters. The minimum atomic E-state index is -0.657. The van der Waals surface area contributed by atoms with E-state index in [1.165, 1.54) is 10.6 Å². The molecule has 1 saturated heterocycles. The molecular formula is C25H30N4O5. The Morgan fingerprint density at radius 1 is 0.882 bits per heavy atom. The Labute approximate surface area is 196 Å². The van der Waals surface area contributed by atoms with E-state index < -0.39 is 5.63 Å². The second-order valence-electron chi connectivity index (χ2n) is 9.17. The SMILES string of the molecule is CC(C)n1c(N2CCCN(C(=O)c3cc4ccccc4oc3=O)CC2)cc(=O)n(C(C)C)c1=O. The Bertz CT molecular complexity index is 1400. The summed E-state index contributed by atoms with van der Waals surface area (Å²) in [6.45, 7) is 9.26. The first-order valence-electron chi connectivity index (χ1n) is 11.6. The molecule has 9 heteroatoms.